The third-order valence-corrected chi connectivity index (χ3v) is 3.89. The number of amides is 1. The number of para-hydroxylation sites is 1. The van der Waals surface area contributed by atoms with Crippen LogP contribution in [0.2, 0.25) is 0 Å². The number of aryl methyl sites for hydroxylation is 1. The van der Waals surface area contributed by atoms with Gasteiger partial charge in [0.25, 0.3) is 5.91 Å². The van der Waals surface area contributed by atoms with Crippen molar-refractivity contribution in [2.75, 3.05) is 12.1 Å². The van der Waals surface area contributed by atoms with Crippen LogP contribution < -0.4 is 5.01 Å². The van der Waals surface area contributed by atoms with E-state index in [1.54, 1.807) is 44.3 Å². The Morgan fingerprint density at radius 1 is 1.36 bits per heavy atom. The Hall–Kier alpha value is -3.16. The maximum Gasteiger partial charge on any atom is 0.328 e. The van der Waals surface area contributed by atoms with Crippen LogP contribution in [0.5, 0.6) is 0 Å². The maximum absolute atomic E-state index is 12.6. The fourth-order valence-corrected chi connectivity index (χ4v) is 2.68. The second-order valence-corrected chi connectivity index (χ2v) is 5.88. The van der Waals surface area contributed by atoms with Crippen molar-refractivity contribution in [3.63, 3.8) is 0 Å². The van der Waals surface area contributed by atoms with Gasteiger partial charge in [0.1, 0.15) is 17.2 Å². The van der Waals surface area contributed by atoms with Crippen LogP contribution in [0.3, 0.4) is 0 Å². The molecule has 1 aliphatic rings. The van der Waals surface area contributed by atoms with E-state index >= 15 is 0 Å². The first kappa shape index (κ1) is 16.7. The van der Waals surface area contributed by atoms with Gasteiger partial charge in [-0.2, -0.15) is 5.10 Å². The van der Waals surface area contributed by atoms with Gasteiger partial charge >= 0.3 is 5.97 Å². The molecular weight excluding hydrogens is 324 g/mol. The zero-order valence-electron chi connectivity index (χ0n) is 13.9. The largest absolute Gasteiger partial charge is 0.480 e. The van der Waals surface area contributed by atoms with E-state index in [0.29, 0.717) is 17.1 Å². The lowest BCUT2D eigenvalue weighted by Gasteiger charge is -2.19. The molecule has 0 bridgehead atoms. The molecule has 0 saturated heterocycles. The summed E-state index contributed by atoms with van der Waals surface area (Å²) in [7, 11) is 1.62. The molecule has 3 rings (SSSR count). The molecule has 0 radical (unpaired) electrons. The van der Waals surface area contributed by atoms with Crippen LogP contribution in [0, 0.1) is 6.92 Å². The van der Waals surface area contributed by atoms with Crippen molar-refractivity contribution in [2.45, 2.75) is 25.9 Å². The van der Waals surface area contributed by atoms with Crippen molar-refractivity contribution < 1.29 is 19.2 Å². The molecule has 1 aromatic carbocycles. The molecular formula is C17H18N4O4. The summed E-state index contributed by atoms with van der Waals surface area (Å²) < 4.78 is 4.99. The van der Waals surface area contributed by atoms with E-state index in [-0.39, 0.29) is 24.6 Å². The molecule has 2 heterocycles. The van der Waals surface area contributed by atoms with Crippen molar-refractivity contribution in [1.82, 2.24) is 10.1 Å². The molecule has 2 aromatic rings. The number of carboxylic acid groups (broad SMARTS) is 1. The number of carbonyl (C=O) groups is 2. The van der Waals surface area contributed by atoms with E-state index < -0.39 is 12.0 Å². The van der Waals surface area contributed by atoms with Crippen LogP contribution in [0.25, 0.3) is 0 Å². The molecule has 1 amide bonds. The average molecular weight is 342 g/mol. The smallest absolute Gasteiger partial charge is 0.328 e. The average Bonchev–Trinajstić information content (AvgIpc) is 3.21. The summed E-state index contributed by atoms with van der Waals surface area (Å²) >= 11 is 0. The Morgan fingerprint density at radius 2 is 2.08 bits per heavy atom. The molecule has 0 fully saturated rings. The highest BCUT2D eigenvalue weighted by molar-refractivity contribution is 6.40. The second kappa shape index (κ2) is 6.76. The Bertz CT molecular complexity index is 815. The molecule has 130 valence electrons. The Labute approximate surface area is 144 Å². The minimum Gasteiger partial charge on any atom is -0.480 e. The van der Waals surface area contributed by atoms with Gasteiger partial charge in [0.2, 0.25) is 0 Å². The van der Waals surface area contributed by atoms with Crippen LogP contribution in [0.1, 0.15) is 17.9 Å². The van der Waals surface area contributed by atoms with Crippen LogP contribution in [-0.2, 0) is 16.1 Å². The minimum atomic E-state index is -1.02. The summed E-state index contributed by atoms with van der Waals surface area (Å²) in [6.45, 7) is 2.03. The number of carbonyl (C=O) groups excluding carboxylic acids is 1. The Kier molecular flexibility index (Phi) is 4.51. The van der Waals surface area contributed by atoms with Crippen molar-refractivity contribution in [2.24, 2.45) is 5.10 Å². The number of anilines is 1. The first-order valence-corrected chi connectivity index (χ1v) is 7.78. The van der Waals surface area contributed by atoms with Crippen molar-refractivity contribution >= 4 is 23.3 Å². The molecule has 0 saturated carbocycles. The van der Waals surface area contributed by atoms with E-state index in [1.165, 1.54) is 9.91 Å². The number of aliphatic carboxylic acids is 1. The summed E-state index contributed by atoms with van der Waals surface area (Å²) in [5.74, 6) is -0.689. The van der Waals surface area contributed by atoms with Gasteiger partial charge in [0.15, 0.2) is 6.04 Å². The summed E-state index contributed by atoms with van der Waals surface area (Å²) in [4.78, 5) is 25.6. The van der Waals surface area contributed by atoms with Gasteiger partial charge in [-0.1, -0.05) is 23.4 Å². The van der Waals surface area contributed by atoms with E-state index in [0.717, 1.165) is 0 Å². The lowest BCUT2D eigenvalue weighted by Crippen LogP contribution is -2.36. The standard InChI is InChI=1S/C17H18N4O4/c1-11-8-12(19-25-11)10-20(2)16(22)14-9-15(17(23)24)21(18-14)13-6-4-3-5-7-13/h3-8,15H,9-10H2,1-2H3,(H,23,24). The van der Waals surface area contributed by atoms with Gasteiger partial charge in [-0.15, -0.1) is 0 Å². The predicted octanol–water partition coefficient (Wildman–Crippen LogP) is 1.66. The van der Waals surface area contributed by atoms with Gasteiger partial charge in [-0.25, -0.2) is 4.79 Å². The topological polar surface area (TPSA) is 99.2 Å². The van der Waals surface area contributed by atoms with Gasteiger partial charge in [0.05, 0.1) is 12.2 Å². The number of rotatable bonds is 5. The number of hydrazone groups is 1. The third kappa shape index (κ3) is 3.52. The molecule has 8 heteroatoms. The maximum atomic E-state index is 12.6. The highest BCUT2D eigenvalue weighted by atomic mass is 16.5. The molecule has 1 N–H and O–H groups in total. The highest BCUT2D eigenvalue weighted by Gasteiger charge is 2.37. The second-order valence-electron chi connectivity index (χ2n) is 5.88. The lowest BCUT2D eigenvalue weighted by atomic mass is 10.1. The third-order valence-electron chi connectivity index (χ3n) is 3.89. The monoisotopic (exact) mass is 342 g/mol. The fourth-order valence-electron chi connectivity index (χ4n) is 2.68. The quantitative estimate of drug-likeness (QED) is 0.887. The summed E-state index contributed by atoms with van der Waals surface area (Å²) in [5.41, 5.74) is 1.47. The van der Waals surface area contributed by atoms with Crippen molar-refractivity contribution in [1.29, 1.82) is 0 Å². The van der Waals surface area contributed by atoms with E-state index in [9.17, 15) is 14.7 Å². The Balaban J connectivity index is 1.78. The molecule has 8 nitrogen and oxygen atoms in total. The molecule has 1 aliphatic heterocycles. The molecule has 1 unspecified atom stereocenters. The first-order valence-electron chi connectivity index (χ1n) is 7.78. The molecule has 0 aliphatic carbocycles. The van der Waals surface area contributed by atoms with Crippen LogP contribution in [0.4, 0.5) is 5.69 Å². The summed E-state index contributed by atoms with van der Waals surface area (Å²) in [6, 6.07) is 9.79. The predicted molar refractivity (Wildman–Crippen MR) is 90.1 cm³/mol. The number of nitrogens with zero attached hydrogens (tertiary/aromatic N) is 4. The first-order chi connectivity index (χ1) is 12.0. The van der Waals surface area contributed by atoms with Crippen LogP contribution >= 0.6 is 0 Å². The fraction of sp³-hybridized carbons (Fsp3) is 0.294. The van der Waals surface area contributed by atoms with E-state index in [4.69, 9.17) is 4.52 Å². The SMILES string of the molecule is Cc1cc(CN(C)C(=O)C2=NN(c3ccccc3)C(C(=O)O)C2)no1. The summed E-state index contributed by atoms with van der Waals surface area (Å²) in [5, 5.41) is 19.0. The zero-order valence-corrected chi connectivity index (χ0v) is 13.9. The van der Waals surface area contributed by atoms with Gasteiger partial charge in [-0.3, -0.25) is 9.80 Å². The number of hydrogen-bond acceptors (Lipinski definition) is 6. The zero-order chi connectivity index (χ0) is 18.0. The number of carboxylic acids is 1. The number of benzene rings is 1. The molecule has 1 atom stereocenters. The molecule has 1 aromatic heterocycles. The molecule has 25 heavy (non-hydrogen) atoms. The van der Waals surface area contributed by atoms with E-state index in [2.05, 4.69) is 10.3 Å². The summed E-state index contributed by atoms with van der Waals surface area (Å²) in [6.07, 6.45) is 0.0469. The van der Waals surface area contributed by atoms with E-state index in [1.807, 2.05) is 6.07 Å². The highest BCUT2D eigenvalue weighted by Crippen LogP contribution is 2.25. The van der Waals surface area contributed by atoms with Crippen molar-refractivity contribution in [3.05, 3.63) is 47.9 Å². The Morgan fingerprint density at radius 3 is 2.68 bits per heavy atom. The minimum absolute atomic E-state index is 0.0469. The number of aromatic nitrogens is 1. The van der Waals surface area contributed by atoms with Crippen LogP contribution in [0.15, 0.2) is 46.0 Å². The normalized spacial score (nSPS) is 16.6. The van der Waals surface area contributed by atoms with Crippen LogP contribution in [-0.4, -0.2) is 45.8 Å². The van der Waals surface area contributed by atoms with Crippen molar-refractivity contribution in [3.8, 4) is 0 Å². The van der Waals surface area contributed by atoms with Gasteiger partial charge in [0, 0.05) is 19.5 Å². The van der Waals surface area contributed by atoms with Gasteiger partial charge in [-0.05, 0) is 19.1 Å². The van der Waals surface area contributed by atoms with Gasteiger partial charge < -0.3 is 14.5 Å². The molecule has 0 spiro atoms. The lowest BCUT2D eigenvalue weighted by molar-refractivity contribution is -0.138. The number of hydrogen-bond donors (Lipinski definition) is 1.